The van der Waals surface area contributed by atoms with Crippen molar-refractivity contribution in [3.8, 4) is 0 Å². The highest BCUT2D eigenvalue weighted by molar-refractivity contribution is 9.10. The lowest BCUT2D eigenvalue weighted by atomic mass is 10.6. The molecule has 0 atom stereocenters. The van der Waals surface area contributed by atoms with Crippen molar-refractivity contribution in [2.75, 3.05) is 20.0 Å². The van der Waals surface area contributed by atoms with Crippen LogP contribution < -0.4 is 11.5 Å². The van der Waals surface area contributed by atoms with Crippen LogP contribution in [-0.4, -0.2) is 77.6 Å². The van der Waals surface area contributed by atoms with Crippen LogP contribution in [0.5, 0.6) is 0 Å². The average molecular weight is 539 g/mol. The van der Waals surface area contributed by atoms with Gasteiger partial charge in [-0.3, -0.25) is 20.1 Å². The summed E-state index contributed by atoms with van der Waals surface area (Å²) in [5, 5.41) is 17.6. The first-order chi connectivity index (χ1) is 13.7. The number of esters is 2. The van der Waals surface area contributed by atoms with Gasteiger partial charge in [0.05, 0.1) is 14.2 Å². The van der Waals surface area contributed by atoms with Crippen molar-refractivity contribution in [3.05, 3.63) is 26.9 Å². The largest absolute Gasteiger partial charge is 0.463 e. The molecule has 3 aromatic rings. The van der Waals surface area contributed by atoms with Crippen molar-refractivity contribution < 1.29 is 23.9 Å². The Hall–Kier alpha value is -3.41. The summed E-state index contributed by atoms with van der Waals surface area (Å²) < 4.78 is 9.48. The number of hydrogen-bond acceptors (Lipinski definition) is 12. The standard InChI is InChI=1S/C4H4BrN3O2.C4H6N4O2.C3H3BrN4O/c2*1-10-3(9)2-6-4(5)8-7-2;4-3-6-2(1(5)9)7-8-3/h1H3,(H,6,7,8);1H3,(H3,5,6,7,8);(H2,5,9)(H,6,7,8). The van der Waals surface area contributed by atoms with Gasteiger partial charge in [0.1, 0.15) is 0 Å². The highest BCUT2D eigenvalue weighted by Crippen LogP contribution is 2.00. The molecule has 0 bridgehead atoms. The third-order valence-electron chi connectivity index (χ3n) is 2.39. The summed E-state index contributed by atoms with van der Waals surface area (Å²) in [7, 11) is 2.52. The predicted octanol–water partition coefficient (Wildman–Crippen LogP) is -0.807. The van der Waals surface area contributed by atoms with Crippen LogP contribution in [0.3, 0.4) is 0 Å². The van der Waals surface area contributed by atoms with E-state index in [0.717, 1.165) is 0 Å². The number of primary amides is 1. The number of nitrogens with one attached hydrogen (secondary N) is 3. The zero-order valence-electron chi connectivity index (χ0n) is 14.6. The normalized spacial score (nSPS) is 9.38. The second-order valence-electron chi connectivity index (χ2n) is 4.29. The summed E-state index contributed by atoms with van der Waals surface area (Å²) in [6.07, 6.45) is 0. The van der Waals surface area contributed by atoms with Crippen LogP contribution in [0, 0.1) is 0 Å². The molecule has 3 aromatic heterocycles. The summed E-state index contributed by atoms with van der Waals surface area (Å²) >= 11 is 5.96. The lowest BCUT2D eigenvalue weighted by Crippen LogP contribution is -2.12. The molecule has 29 heavy (non-hydrogen) atoms. The van der Waals surface area contributed by atoms with E-state index < -0.39 is 17.8 Å². The minimum Gasteiger partial charge on any atom is -0.463 e. The number of halogens is 2. The van der Waals surface area contributed by atoms with Crippen molar-refractivity contribution in [2.45, 2.75) is 0 Å². The Kier molecular flexibility index (Phi) is 9.32. The van der Waals surface area contributed by atoms with Crippen molar-refractivity contribution in [1.29, 1.82) is 0 Å². The first-order valence-electron chi connectivity index (χ1n) is 6.98. The molecule has 0 aliphatic carbocycles. The summed E-state index contributed by atoms with van der Waals surface area (Å²) in [6.45, 7) is 0. The molecule has 0 aliphatic heterocycles. The van der Waals surface area contributed by atoms with Crippen LogP contribution in [0.4, 0.5) is 5.95 Å². The first-order valence-corrected chi connectivity index (χ1v) is 8.56. The molecule has 18 heteroatoms. The first kappa shape index (κ1) is 23.6. The van der Waals surface area contributed by atoms with Crippen LogP contribution in [0.2, 0.25) is 0 Å². The number of anilines is 1. The van der Waals surface area contributed by atoms with Gasteiger partial charge in [-0.25, -0.2) is 9.59 Å². The summed E-state index contributed by atoms with van der Waals surface area (Å²) in [5.74, 6) is -1.72. The Morgan fingerprint density at radius 3 is 1.66 bits per heavy atom. The maximum atomic E-state index is 10.6. The van der Waals surface area contributed by atoms with E-state index in [4.69, 9.17) is 11.5 Å². The van der Waals surface area contributed by atoms with E-state index in [9.17, 15) is 14.4 Å². The number of aromatic nitrogens is 9. The molecule has 1 amide bonds. The van der Waals surface area contributed by atoms with E-state index in [1.165, 1.54) is 14.2 Å². The monoisotopic (exact) mass is 537 g/mol. The quantitative estimate of drug-likeness (QED) is 0.257. The van der Waals surface area contributed by atoms with Gasteiger partial charge in [0.15, 0.2) is 9.47 Å². The Morgan fingerprint density at radius 1 is 0.828 bits per heavy atom. The Labute approximate surface area is 177 Å². The van der Waals surface area contributed by atoms with Crippen molar-refractivity contribution in [1.82, 2.24) is 45.5 Å². The number of nitrogen functional groups attached to an aromatic ring is 1. The molecule has 7 N–H and O–H groups in total. The van der Waals surface area contributed by atoms with Gasteiger partial charge >= 0.3 is 11.9 Å². The summed E-state index contributed by atoms with van der Waals surface area (Å²) in [6, 6.07) is 0. The van der Waals surface area contributed by atoms with E-state index in [1.807, 2.05) is 0 Å². The second-order valence-corrected chi connectivity index (χ2v) is 5.79. The number of nitrogens with two attached hydrogens (primary N) is 2. The number of carbonyl (C=O) groups is 3. The lowest BCUT2D eigenvalue weighted by Gasteiger charge is -1.88. The van der Waals surface area contributed by atoms with Crippen LogP contribution in [0.15, 0.2) is 9.47 Å². The smallest absolute Gasteiger partial charge is 0.377 e. The second kappa shape index (κ2) is 11.4. The van der Waals surface area contributed by atoms with Gasteiger partial charge in [0.25, 0.3) is 11.7 Å². The van der Waals surface area contributed by atoms with Gasteiger partial charge in [-0.2, -0.15) is 15.0 Å². The van der Waals surface area contributed by atoms with Crippen LogP contribution in [-0.2, 0) is 9.47 Å². The van der Waals surface area contributed by atoms with Crippen LogP contribution >= 0.6 is 31.9 Å². The summed E-state index contributed by atoms with van der Waals surface area (Å²) in [4.78, 5) is 42.3. The van der Waals surface area contributed by atoms with Gasteiger partial charge in [0.2, 0.25) is 17.6 Å². The molecule has 0 aromatic carbocycles. The molecule has 0 aliphatic rings. The van der Waals surface area contributed by atoms with Crippen molar-refractivity contribution in [2.24, 2.45) is 5.73 Å². The fraction of sp³-hybridized carbons (Fsp3) is 0.182. The Bertz CT molecular complexity index is 916. The zero-order chi connectivity index (χ0) is 22.0. The molecule has 16 nitrogen and oxygen atoms in total. The molecular weight excluding hydrogens is 526 g/mol. The third-order valence-corrected chi connectivity index (χ3v) is 3.10. The van der Waals surface area contributed by atoms with Crippen molar-refractivity contribution in [3.63, 3.8) is 0 Å². The molecule has 3 rings (SSSR count). The van der Waals surface area contributed by atoms with E-state index in [-0.39, 0.29) is 23.4 Å². The van der Waals surface area contributed by atoms with Gasteiger partial charge < -0.3 is 20.9 Å². The maximum Gasteiger partial charge on any atom is 0.377 e. The molecule has 0 saturated heterocycles. The summed E-state index contributed by atoms with van der Waals surface area (Å²) in [5.41, 5.74) is 9.93. The molecule has 0 spiro atoms. The number of nitrogens with zero attached hydrogens (tertiary/aromatic N) is 6. The number of hydrogen-bond donors (Lipinski definition) is 5. The van der Waals surface area contributed by atoms with E-state index in [0.29, 0.717) is 9.47 Å². The minimum atomic E-state index is -0.642. The number of H-pyrrole nitrogens is 3. The van der Waals surface area contributed by atoms with E-state index in [1.54, 1.807) is 0 Å². The minimum absolute atomic E-state index is 0.0122. The van der Waals surface area contributed by atoms with Crippen LogP contribution in [0.25, 0.3) is 0 Å². The van der Waals surface area contributed by atoms with Crippen LogP contribution in [0.1, 0.15) is 31.9 Å². The highest BCUT2D eigenvalue weighted by atomic mass is 79.9. The molecule has 0 unspecified atom stereocenters. The average Bonchev–Trinajstić information content (AvgIpc) is 3.43. The topological polar surface area (TPSA) is 246 Å². The SMILES string of the molecule is COC(=O)c1n[nH]c(Br)n1.COC(=O)c1nc(N)n[nH]1.NC(=O)c1n[nH]c(Br)n1. The molecular formula is C11H13Br2N11O5. The lowest BCUT2D eigenvalue weighted by molar-refractivity contribution is 0.0578. The van der Waals surface area contributed by atoms with Gasteiger partial charge in [-0.05, 0) is 31.9 Å². The zero-order valence-corrected chi connectivity index (χ0v) is 17.8. The van der Waals surface area contributed by atoms with E-state index in [2.05, 4.69) is 86.9 Å². The number of aromatic amines is 3. The fourth-order valence-electron chi connectivity index (χ4n) is 1.24. The van der Waals surface area contributed by atoms with E-state index >= 15 is 0 Å². The number of rotatable bonds is 3. The Morgan fingerprint density at radius 2 is 1.34 bits per heavy atom. The highest BCUT2D eigenvalue weighted by Gasteiger charge is 2.10. The van der Waals surface area contributed by atoms with Gasteiger partial charge in [0, 0.05) is 0 Å². The molecule has 0 radical (unpaired) electrons. The molecule has 3 heterocycles. The Balaban J connectivity index is 0.000000218. The number of methoxy groups -OCH3 is 2. The molecule has 0 saturated carbocycles. The molecule has 156 valence electrons. The maximum absolute atomic E-state index is 10.6. The third kappa shape index (κ3) is 8.01. The number of ether oxygens (including phenoxy) is 2. The van der Waals surface area contributed by atoms with Gasteiger partial charge in [-0.15, -0.1) is 15.3 Å². The number of carbonyl (C=O) groups excluding carboxylic acids is 3. The fourth-order valence-corrected chi connectivity index (χ4v) is 1.75. The number of amides is 1. The molecule has 0 fully saturated rings. The van der Waals surface area contributed by atoms with Gasteiger partial charge in [-0.1, -0.05) is 0 Å². The predicted molar refractivity (Wildman–Crippen MR) is 100 cm³/mol. The van der Waals surface area contributed by atoms with Crippen molar-refractivity contribution >= 4 is 55.7 Å².